The fraction of sp³-hybridized carbons (Fsp3) is 0.318. The maximum atomic E-state index is 13.3. The summed E-state index contributed by atoms with van der Waals surface area (Å²) in [5.74, 6) is -2.03. The van der Waals surface area contributed by atoms with Crippen molar-refractivity contribution in [3.8, 4) is 17.2 Å². The lowest BCUT2D eigenvalue weighted by Gasteiger charge is -2.30. The number of nitriles is 1. The third-order valence-electron chi connectivity index (χ3n) is 5.08. The molecule has 1 saturated heterocycles. The second-order valence-electron chi connectivity index (χ2n) is 7.18. The van der Waals surface area contributed by atoms with Gasteiger partial charge in [-0.3, -0.25) is 9.59 Å². The fourth-order valence-corrected chi connectivity index (χ4v) is 3.31. The van der Waals surface area contributed by atoms with Gasteiger partial charge in [-0.05, 0) is 28.8 Å². The van der Waals surface area contributed by atoms with Gasteiger partial charge in [0.1, 0.15) is 5.82 Å². The molecule has 9 heteroatoms. The van der Waals surface area contributed by atoms with Crippen LogP contribution < -0.4 is 10.6 Å². The highest BCUT2D eigenvalue weighted by Gasteiger charge is 2.33. The maximum Gasteiger partial charge on any atom is 0.254 e. The summed E-state index contributed by atoms with van der Waals surface area (Å²) in [6.07, 6.45) is -3.71. The summed E-state index contributed by atoms with van der Waals surface area (Å²) in [7, 11) is 0. The highest BCUT2D eigenvalue weighted by molar-refractivity contribution is 5.90. The number of rotatable bonds is 6. The molecule has 0 radical (unpaired) electrons. The normalized spacial score (nSPS) is 15.6. The third kappa shape index (κ3) is 5.44. The molecular weight excluding hydrogens is 403 g/mol. The van der Waals surface area contributed by atoms with Crippen molar-refractivity contribution in [1.29, 1.82) is 5.26 Å². The van der Waals surface area contributed by atoms with Crippen LogP contribution in [-0.4, -0.2) is 65.3 Å². The molecule has 31 heavy (non-hydrogen) atoms. The predicted octanol–water partition coefficient (Wildman–Crippen LogP) is 0.134. The largest absolute Gasteiger partial charge is 0.380 e. The van der Waals surface area contributed by atoms with Gasteiger partial charge in [0, 0.05) is 32.7 Å². The lowest BCUT2D eigenvalue weighted by molar-refractivity contribution is -0.153. The van der Waals surface area contributed by atoms with E-state index in [0.29, 0.717) is 42.9 Å². The Labute approximate surface area is 178 Å². The van der Waals surface area contributed by atoms with E-state index in [4.69, 9.17) is 0 Å². The molecule has 1 fully saturated rings. The second kappa shape index (κ2) is 10.1. The van der Waals surface area contributed by atoms with Gasteiger partial charge in [-0.1, -0.05) is 30.3 Å². The lowest BCUT2D eigenvalue weighted by Crippen LogP contribution is -2.54. The van der Waals surface area contributed by atoms with Crippen LogP contribution in [0.1, 0.15) is 11.1 Å². The quantitative estimate of drug-likeness (QED) is 0.521. The molecule has 162 valence electrons. The van der Waals surface area contributed by atoms with Crippen molar-refractivity contribution >= 4 is 11.8 Å². The molecule has 0 saturated carbocycles. The van der Waals surface area contributed by atoms with E-state index in [-0.39, 0.29) is 12.1 Å². The predicted molar refractivity (Wildman–Crippen MR) is 110 cm³/mol. The lowest BCUT2D eigenvalue weighted by atomic mass is 9.99. The van der Waals surface area contributed by atoms with Crippen molar-refractivity contribution < 1.29 is 24.2 Å². The first-order valence-corrected chi connectivity index (χ1v) is 9.83. The van der Waals surface area contributed by atoms with E-state index >= 15 is 0 Å². The van der Waals surface area contributed by atoms with Crippen LogP contribution in [0.25, 0.3) is 11.1 Å². The van der Waals surface area contributed by atoms with Gasteiger partial charge in [0.05, 0.1) is 11.6 Å². The standard InChI is InChI=1S/C22H23FN4O4/c23-17-5-6-18(16(11-17)12-24)15-3-1-14(2-4-15)13-26-21(30)19(28)20(29)22(31)27-9-7-25-8-10-27/h1-6,11,19-20,25,28-29H,7-10,13H2,(H,26,30)/t19-,20-/m1/s1. The van der Waals surface area contributed by atoms with E-state index in [1.165, 1.54) is 17.0 Å². The van der Waals surface area contributed by atoms with Gasteiger partial charge in [0.15, 0.2) is 12.2 Å². The van der Waals surface area contributed by atoms with E-state index in [1.54, 1.807) is 24.3 Å². The molecule has 1 aliphatic rings. The first-order valence-electron chi connectivity index (χ1n) is 9.83. The number of benzene rings is 2. The Hall–Kier alpha value is -3.32. The average molecular weight is 426 g/mol. The van der Waals surface area contributed by atoms with E-state index in [9.17, 15) is 29.5 Å². The topological polar surface area (TPSA) is 126 Å². The number of aliphatic hydroxyl groups is 2. The molecule has 4 N–H and O–H groups in total. The molecule has 0 bridgehead atoms. The minimum absolute atomic E-state index is 0.0687. The Morgan fingerprint density at radius 3 is 2.45 bits per heavy atom. The first kappa shape index (κ1) is 22.4. The number of aliphatic hydroxyl groups excluding tert-OH is 2. The zero-order valence-electron chi connectivity index (χ0n) is 16.7. The van der Waals surface area contributed by atoms with Crippen molar-refractivity contribution in [2.75, 3.05) is 26.2 Å². The molecule has 8 nitrogen and oxygen atoms in total. The Balaban J connectivity index is 1.58. The SMILES string of the molecule is N#Cc1cc(F)ccc1-c1ccc(CNC(=O)[C@H](O)[C@@H](O)C(=O)N2CCNCC2)cc1. The number of halogens is 1. The zero-order chi connectivity index (χ0) is 22.4. The molecule has 1 aliphatic heterocycles. The summed E-state index contributed by atoms with van der Waals surface area (Å²) in [5, 5.41) is 34.9. The van der Waals surface area contributed by atoms with E-state index in [1.807, 2.05) is 6.07 Å². The van der Waals surface area contributed by atoms with Crippen LogP contribution in [0.15, 0.2) is 42.5 Å². The number of nitrogens with zero attached hydrogens (tertiary/aromatic N) is 2. The Morgan fingerprint density at radius 1 is 1.13 bits per heavy atom. The van der Waals surface area contributed by atoms with Crippen LogP contribution in [0.3, 0.4) is 0 Å². The van der Waals surface area contributed by atoms with Gasteiger partial charge < -0.3 is 25.7 Å². The minimum Gasteiger partial charge on any atom is -0.380 e. The van der Waals surface area contributed by atoms with Crippen LogP contribution >= 0.6 is 0 Å². The molecule has 0 aliphatic carbocycles. The number of hydrogen-bond donors (Lipinski definition) is 4. The van der Waals surface area contributed by atoms with Crippen LogP contribution in [0.4, 0.5) is 4.39 Å². The summed E-state index contributed by atoms with van der Waals surface area (Å²) in [4.78, 5) is 25.8. The Bertz CT molecular complexity index is 984. The molecule has 2 atom stereocenters. The molecule has 0 spiro atoms. The summed E-state index contributed by atoms with van der Waals surface area (Å²) in [6, 6.07) is 12.8. The number of amides is 2. The van der Waals surface area contributed by atoms with Crippen LogP contribution in [0, 0.1) is 17.1 Å². The highest BCUT2D eigenvalue weighted by Crippen LogP contribution is 2.24. The molecule has 2 aromatic carbocycles. The van der Waals surface area contributed by atoms with Gasteiger partial charge in [-0.2, -0.15) is 5.26 Å². The number of carbonyl (C=O) groups excluding carboxylic acids is 2. The molecule has 2 amide bonds. The zero-order valence-corrected chi connectivity index (χ0v) is 16.7. The number of carbonyl (C=O) groups is 2. The number of hydrogen-bond acceptors (Lipinski definition) is 6. The highest BCUT2D eigenvalue weighted by atomic mass is 19.1. The Kier molecular flexibility index (Phi) is 7.31. The van der Waals surface area contributed by atoms with Crippen LogP contribution in [0.2, 0.25) is 0 Å². The molecule has 2 aromatic rings. The number of piperazine rings is 1. The van der Waals surface area contributed by atoms with Gasteiger partial charge in [-0.25, -0.2) is 4.39 Å². The van der Waals surface area contributed by atoms with Crippen LogP contribution in [-0.2, 0) is 16.1 Å². The van der Waals surface area contributed by atoms with Gasteiger partial charge in [0.2, 0.25) is 0 Å². The smallest absolute Gasteiger partial charge is 0.254 e. The molecule has 1 heterocycles. The Morgan fingerprint density at radius 2 is 1.81 bits per heavy atom. The van der Waals surface area contributed by atoms with Crippen molar-refractivity contribution in [2.24, 2.45) is 0 Å². The third-order valence-corrected chi connectivity index (χ3v) is 5.08. The summed E-state index contributed by atoms with van der Waals surface area (Å²) >= 11 is 0. The monoisotopic (exact) mass is 426 g/mol. The van der Waals surface area contributed by atoms with E-state index in [2.05, 4.69) is 10.6 Å². The second-order valence-corrected chi connectivity index (χ2v) is 7.18. The fourth-order valence-electron chi connectivity index (χ4n) is 3.31. The molecular formula is C22H23FN4O4. The molecule has 3 rings (SSSR count). The van der Waals surface area contributed by atoms with Gasteiger partial charge in [0.25, 0.3) is 11.8 Å². The molecule has 0 unspecified atom stereocenters. The van der Waals surface area contributed by atoms with Gasteiger partial charge >= 0.3 is 0 Å². The molecule has 0 aromatic heterocycles. The number of nitrogens with one attached hydrogen (secondary N) is 2. The van der Waals surface area contributed by atoms with E-state index < -0.39 is 29.8 Å². The summed E-state index contributed by atoms with van der Waals surface area (Å²) < 4.78 is 13.3. The summed E-state index contributed by atoms with van der Waals surface area (Å²) in [6.45, 7) is 2.05. The van der Waals surface area contributed by atoms with E-state index in [0.717, 1.165) is 6.07 Å². The van der Waals surface area contributed by atoms with Crippen molar-refractivity contribution in [1.82, 2.24) is 15.5 Å². The van der Waals surface area contributed by atoms with Crippen molar-refractivity contribution in [3.05, 3.63) is 59.4 Å². The first-order chi connectivity index (χ1) is 14.9. The summed E-state index contributed by atoms with van der Waals surface area (Å²) in [5.41, 5.74) is 2.22. The van der Waals surface area contributed by atoms with Crippen molar-refractivity contribution in [2.45, 2.75) is 18.8 Å². The average Bonchev–Trinajstić information content (AvgIpc) is 2.81. The van der Waals surface area contributed by atoms with Crippen LogP contribution in [0.5, 0.6) is 0 Å². The van der Waals surface area contributed by atoms with Crippen molar-refractivity contribution in [3.63, 3.8) is 0 Å². The maximum absolute atomic E-state index is 13.3. The minimum atomic E-state index is -1.88. The van der Waals surface area contributed by atoms with Gasteiger partial charge in [-0.15, -0.1) is 0 Å².